The largest absolute Gasteiger partial charge is 0.507 e. The number of hydrogen-bond donors (Lipinski definition) is 2. The van der Waals surface area contributed by atoms with E-state index in [9.17, 15) is 19.5 Å². The molecule has 1 aliphatic rings. The number of amides is 2. The van der Waals surface area contributed by atoms with E-state index in [1.54, 1.807) is 42.5 Å². The van der Waals surface area contributed by atoms with Crippen LogP contribution in [-0.4, -0.2) is 22.7 Å². The zero-order valence-corrected chi connectivity index (χ0v) is 17.9. The average molecular weight is 430 g/mol. The molecule has 7 nitrogen and oxygen atoms in total. The maximum Gasteiger partial charge on any atom is 0.300 e. The van der Waals surface area contributed by atoms with Gasteiger partial charge in [-0.25, -0.2) is 0 Å². The predicted octanol–water partition coefficient (Wildman–Crippen LogP) is 4.48. The molecule has 7 heteroatoms. The lowest BCUT2D eigenvalue weighted by molar-refractivity contribution is -0.132. The Morgan fingerprint density at radius 1 is 1.06 bits per heavy atom. The van der Waals surface area contributed by atoms with Gasteiger partial charge < -0.3 is 14.8 Å². The molecule has 2 aromatic carbocycles. The normalized spacial score (nSPS) is 17.6. The van der Waals surface area contributed by atoms with Gasteiger partial charge in [0.05, 0.1) is 11.8 Å². The monoisotopic (exact) mass is 430 g/mol. The standard InChI is InChI=1S/C25H22N2O5/c1-14-9-10-15(2)19(12-14)23(29)21-22(20-8-5-11-32-20)27(25(31)24(21)30)18-7-4-6-17(13-18)26-16(3)28/h4-13,22,29H,1-3H3,(H,26,28)/b23-21-. The molecule has 1 aromatic heterocycles. The van der Waals surface area contributed by atoms with Crippen molar-refractivity contribution in [1.29, 1.82) is 0 Å². The molecular weight excluding hydrogens is 408 g/mol. The molecule has 3 aromatic rings. The summed E-state index contributed by atoms with van der Waals surface area (Å²) in [5.74, 6) is -1.79. The summed E-state index contributed by atoms with van der Waals surface area (Å²) in [6.07, 6.45) is 1.45. The summed E-state index contributed by atoms with van der Waals surface area (Å²) >= 11 is 0. The van der Waals surface area contributed by atoms with E-state index in [0.717, 1.165) is 11.1 Å². The summed E-state index contributed by atoms with van der Waals surface area (Å²) in [6, 6.07) is 14.5. The van der Waals surface area contributed by atoms with Crippen LogP contribution in [-0.2, 0) is 14.4 Å². The molecule has 0 saturated carbocycles. The number of aryl methyl sites for hydroxylation is 2. The summed E-state index contributed by atoms with van der Waals surface area (Å²) in [5, 5.41) is 13.9. The lowest BCUT2D eigenvalue weighted by Gasteiger charge is -2.24. The zero-order chi connectivity index (χ0) is 23.0. The van der Waals surface area contributed by atoms with E-state index < -0.39 is 17.7 Å². The molecule has 0 radical (unpaired) electrons. The predicted molar refractivity (Wildman–Crippen MR) is 120 cm³/mol. The van der Waals surface area contributed by atoms with Crippen molar-refractivity contribution in [2.24, 2.45) is 0 Å². The Morgan fingerprint density at radius 2 is 1.84 bits per heavy atom. The SMILES string of the molecule is CC(=O)Nc1cccc(N2C(=O)C(=O)/C(=C(\O)c3cc(C)ccc3C)C2c2ccco2)c1. The van der Waals surface area contributed by atoms with Crippen LogP contribution in [0.3, 0.4) is 0 Å². The average Bonchev–Trinajstić information content (AvgIpc) is 3.36. The third kappa shape index (κ3) is 3.69. The van der Waals surface area contributed by atoms with E-state index in [4.69, 9.17) is 4.42 Å². The van der Waals surface area contributed by atoms with Crippen LogP contribution in [0.5, 0.6) is 0 Å². The van der Waals surface area contributed by atoms with Gasteiger partial charge in [0.15, 0.2) is 0 Å². The van der Waals surface area contributed by atoms with Crippen molar-refractivity contribution in [1.82, 2.24) is 0 Å². The Bertz CT molecular complexity index is 1260. The van der Waals surface area contributed by atoms with Crippen molar-refractivity contribution >= 4 is 34.7 Å². The quantitative estimate of drug-likeness (QED) is 0.361. The first kappa shape index (κ1) is 21.1. The van der Waals surface area contributed by atoms with E-state index in [0.29, 0.717) is 22.7 Å². The Morgan fingerprint density at radius 3 is 2.53 bits per heavy atom. The summed E-state index contributed by atoms with van der Waals surface area (Å²) in [7, 11) is 0. The fourth-order valence-electron chi connectivity index (χ4n) is 3.89. The summed E-state index contributed by atoms with van der Waals surface area (Å²) in [5.41, 5.74) is 2.97. The Labute approximate surface area is 185 Å². The number of aliphatic hydroxyl groups excluding tert-OH is 1. The second-order valence-corrected chi connectivity index (χ2v) is 7.73. The highest BCUT2D eigenvalue weighted by Gasteiger charge is 2.48. The van der Waals surface area contributed by atoms with E-state index in [1.807, 2.05) is 26.0 Å². The first-order chi connectivity index (χ1) is 15.3. The third-order valence-electron chi connectivity index (χ3n) is 5.35. The van der Waals surface area contributed by atoms with Crippen LogP contribution in [0.2, 0.25) is 0 Å². The highest BCUT2D eigenvalue weighted by Crippen LogP contribution is 2.43. The molecule has 0 bridgehead atoms. The number of rotatable bonds is 4. The maximum absolute atomic E-state index is 13.1. The van der Waals surface area contributed by atoms with E-state index in [-0.39, 0.29) is 17.2 Å². The zero-order valence-electron chi connectivity index (χ0n) is 17.9. The number of benzene rings is 2. The highest BCUT2D eigenvalue weighted by molar-refractivity contribution is 6.51. The van der Waals surface area contributed by atoms with Crippen molar-refractivity contribution < 1.29 is 23.9 Å². The van der Waals surface area contributed by atoms with Crippen molar-refractivity contribution in [3.63, 3.8) is 0 Å². The van der Waals surface area contributed by atoms with Crippen LogP contribution in [0.15, 0.2) is 70.9 Å². The van der Waals surface area contributed by atoms with Crippen LogP contribution >= 0.6 is 0 Å². The van der Waals surface area contributed by atoms with Crippen molar-refractivity contribution in [2.75, 3.05) is 10.2 Å². The molecule has 1 fully saturated rings. The molecule has 1 atom stereocenters. The Kier molecular flexibility index (Phi) is 5.40. The minimum Gasteiger partial charge on any atom is -0.507 e. The van der Waals surface area contributed by atoms with Gasteiger partial charge in [0.1, 0.15) is 17.6 Å². The second-order valence-electron chi connectivity index (χ2n) is 7.73. The topological polar surface area (TPSA) is 99.9 Å². The van der Waals surface area contributed by atoms with Gasteiger partial charge in [-0.1, -0.05) is 23.8 Å². The number of nitrogens with one attached hydrogen (secondary N) is 1. The number of furan rings is 1. The molecule has 162 valence electrons. The second kappa shape index (κ2) is 8.19. The van der Waals surface area contributed by atoms with Crippen LogP contribution in [0.25, 0.3) is 5.76 Å². The smallest absolute Gasteiger partial charge is 0.300 e. The van der Waals surface area contributed by atoms with Crippen molar-refractivity contribution in [2.45, 2.75) is 26.8 Å². The molecule has 1 unspecified atom stereocenters. The van der Waals surface area contributed by atoms with Crippen LogP contribution in [0.4, 0.5) is 11.4 Å². The molecule has 32 heavy (non-hydrogen) atoms. The molecule has 2 N–H and O–H groups in total. The molecule has 0 aliphatic carbocycles. The van der Waals surface area contributed by atoms with Crippen LogP contribution < -0.4 is 10.2 Å². The van der Waals surface area contributed by atoms with Gasteiger partial charge in [0.2, 0.25) is 5.91 Å². The van der Waals surface area contributed by atoms with E-state index >= 15 is 0 Å². The number of hydrogen-bond acceptors (Lipinski definition) is 5. The molecule has 4 rings (SSSR count). The molecular formula is C25H22N2O5. The van der Waals surface area contributed by atoms with Gasteiger partial charge in [-0.2, -0.15) is 0 Å². The number of carbonyl (C=O) groups is 3. The van der Waals surface area contributed by atoms with Gasteiger partial charge >= 0.3 is 0 Å². The number of ketones is 1. The number of Topliss-reactive ketones (excluding diaryl/α,β-unsaturated/α-hetero) is 1. The minimum absolute atomic E-state index is 0.0522. The molecule has 2 amide bonds. The molecule has 2 heterocycles. The lowest BCUT2D eigenvalue weighted by atomic mass is 9.96. The van der Waals surface area contributed by atoms with Gasteiger partial charge in [-0.05, 0) is 55.8 Å². The van der Waals surface area contributed by atoms with Gasteiger partial charge in [0.25, 0.3) is 11.7 Å². The van der Waals surface area contributed by atoms with Gasteiger partial charge in [0, 0.05) is 23.9 Å². The highest BCUT2D eigenvalue weighted by atomic mass is 16.3. The maximum atomic E-state index is 13.1. The fourth-order valence-corrected chi connectivity index (χ4v) is 3.89. The van der Waals surface area contributed by atoms with Crippen molar-refractivity contribution in [3.8, 4) is 0 Å². The minimum atomic E-state index is -0.961. The number of aliphatic hydroxyl groups is 1. The first-order valence-corrected chi connectivity index (χ1v) is 10.1. The van der Waals surface area contributed by atoms with E-state index in [2.05, 4.69) is 5.32 Å². The lowest BCUT2D eigenvalue weighted by Crippen LogP contribution is -2.29. The summed E-state index contributed by atoms with van der Waals surface area (Å²) < 4.78 is 5.57. The Hall–Kier alpha value is -4.13. The third-order valence-corrected chi connectivity index (χ3v) is 5.35. The van der Waals surface area contributed by atoms with Crippen LogP contribution in [0, 0.1) is 13.8 Å². The number of anilines is 2. The summed E-state index contributed by atoms with van der Waals surface area (Å²) in [4.78, 5) is 39.0. The van der Waals surface area contributed by atoms with Gasteiger partial charge in [-0.3, -0.25) is 19.3 Å². The fraction of sp³-hybridized carbons (Fsp3) is 0.160. The van der Waals surface area contributed by atoms with Gasteiger partial charge in [-0.15, -0.1) is 0 Å². The van der Waals surface area contributed by atoms with Crippen LogP contribution in [0.1, 0.15) is 35.4 Å². The van der Waals surface area contributed by atoms with E-state index in [1.165, 1.54) is 18.1 Å². The Balaban J connectivity index is 1.91. The number of carbonyl (C=O) groups excluding carboxylic acids is 3. The molecule has 1 saturated heterocycles. The van der Waals surface area contributed by atoms with Crippen molar-refractivity contribution in [3.05, 3.63) is 88.9 Å². The molecule has 1 aliphatic heterocycles. The summed E-state index contributed by atoms with van der Waals surface area (Å²) in [6.45, 7) is 5.08. The first-order valence-electron chi connectivity index (χ1n) is 10.1. The molecule has 0 spiro atoms. The number of nitrogens with zero attached hydrogens (tertiary/aromatic N) is 1.